The molecule has 0 bridgehead atoms. The first-order chi connectivity index (χ1) is 13.2. The smallest absolute Gasteiger partial charge is 0.261 e. The number of ether oxygens (including phenoxy) is 1. The van der Waals surface area contributed by atoms with Crippen LogP contribution in [0.1, 0.15) is 71.5 Å². The number of thiophene rings is 1. The van der Waals surface area contributed by atoms with Crippen molar-refractivity contribution in [2.45, 2.75) is 64.2 Å². The lowest BCUT2D eigenvalue weighted by atomic mass is 9.79. The largest absolute Gasteiger partial charge is 0.381 e. The van der Waals surface area contributed by atoms with Crippen molar-refractivity contribution in [2.75, 3.05) is 39.4 Å². The van der Waals surface area contributed by atoms with Crippen LogP contribution in [0.5, 0.6) is 0 Å². The Kier molecular flexibility index (Phi) is 6.51. The van der Waals surface area contributed by atoms with Gasteiger partial charge in [-0.1, -0.05) is 12.8 Å². The van der Waals surface area contributed by atoms with Gasteiger partial charge in [0.1, 0.15) is 0 Å². The predicted molar refractivity (Wildman–Crippen MR) is 111 cm³/mol. The average Bonchev–Trinajstić information content (AvgIpc) is 3.30. The zero-order valence-corrected chi connectivity index (χ0v) is 17.4. The molecular weight excluding hydrogens is 356 g/mol. The Hall–Kier alpha value is -0.910. The molecule has 4 nitrogen and oxygen atoms in total. The number of nitrogens with zero attached hydrogens (tertiary/aromatic N) is 1. The number of aryl methyl sites for hydroxylation is 2. The predicted octanol–water partition coefficient (Wildman–Crippen LogP) is 4.03. The van der Waals surface area contributed by atoms with Gasteiger partial charge in [-0.2, -0.15) is 0 Å². The van der Waals surface area contributed by atoms with Gasteiger partial charge in [0.15, 0.2) is 0 Å². The van der Waals surface area contributed by atoms with Crippen LogP contribution >= 0.6 is 11.3 Å². The Bertz CT molecular complexity index is 605. The highest BCUT2D eigenvalue weighted by atomic mass is 32.1. The van der Waals surface area contributed by atoms with E-state index in [-0.39, 0.29) is 11.3 Å². The van der Waals surface area contributed by atoms with Crippen molar-refractivity contribution < 1.29 is 9.53 Å². The quantitative estimate of drug-likeness (QED) is 0.825. The Balaban J connectivity index is 1.39. The monoisotopic (exact) mass is 390 g/mol. The van der Waals surface area contributed by atoms with Gasteiger partial charge in [0, 0.05) is 36.6 Å². The highest BCUT2D eigenvalue weighted by Gasteiger charge is 2.35. The summed E-state index contributed by atoms with van der Waals surface area (Å²) < 4.78 is 5.63. The van der Waals surface area contributed by atoms with Crippen molar-refractivity contribution >= 4 is 17.2 Å². The summed E-state index contributed by atoms with van der Waals surface area (Å²) in [6.07, 6.45) is 12.3. The van der Waals surface area contributed by atoms with Crippen molar-refractivity contribution in [2.24, 2.45) is 5.41 Å². The fourth-order valence-electron chi connectivity index (χ4n) is 4.92. The molecule has 27 heavy (non-hydrogen) atoms. The molecule has 3 aliphatic rings. The van der Waals surface area contributed by atoms with Gasteiger partial charge in [-0.15, -0.1) is 11.3 Å². The fourth-order valence-corrected chi connectivity index (χ4v) is 6.09. The van der Waals surface area contributed by atoms with E-state index in [1.54, 1.807) is 11.3 Å². The van der Waals surface area contributed by atoms with Crippen molar-refractivity contribution in [3.63, 3.8) is 0 Å². The summed E-state index contributed by atoms with van der Waals surface area (Å²) in [5.74, 6) is 0.138. The molecule has 3 heterocycles. The lowest BCUT2D eigenvalue weighted by Gasteiger charge is -2.40. The van der Waals surface area contributed by atoms with E-state index in [0.717, 1.165) is 56.9 Å². The van der Waals surface area contributed by atoms with Crippen LogP contribution in [0.3, 0.4) is 0 Å². The first-order valence-corrected chi connectivity index (χ1v) is 11.8. The van der Waals surface area contributed by atoms with Gasteiger partial charge in [0.2, 0.25) is 0 Å². The van der Waals surface area contributed by atoms with Gasteiger partial charge in [0.05, 0.1) is 4.88 Å². The maximum Gasteiger partial charge on any atom is 0.261 e. The van der Waals surface area contributed by atoms with E-state index >= 15 is 0 Å². The molecule has 0 atom stereocenters. The van der Waals surface area contributed by atoms with E-state index in [1.165, 1.54) is 62.1 Å². The maximum absolute atomic E-state index is 12.9. The summed E-state index contributed by atoms with van der Waals surface area (Å²) in [6.45, 7) is 5.99. The molecule has 1 amide bonds. The molecule has 4 rings (SSSR count). The zero-order valence-electron chi connectivity index (χ0n) is 16.6. The lowest BCUT2D eigenvalue weighted by molar-refractivity contribution is -0.000608. The van der Waals surface area contributed by atoms with Crippen LogP contribution in [-0.2, 0) is 17.6 Å². The number of hydrogen-bond donors (Lipinski definition) is 1. The number of carbonyl (C=O) groups is 1. The number of rotatable bonds is 5. The molecule has 2 saturated heterocycles. The average molecular weight is 391 g/mol. The lowest BCUT2D eigenvalue weighted by Crippen LogP contribution is -2.47. The van der Waals surface area contributed by atoms with E-state index in [1.807, 2.05) is 0 Å². The maximum atomic E-state index is 12.9. The number of amides is 1. The van der Waals surface area contributed by atoms with Gasteiger partial charge in [-0.05, 0) is 76.1 Å². The van der Waals surface area contributed by atoms with Crippen LogP contribution < -0.4 is 5.32 Å². The molecule has 1 N–H and O–H groups in total. The second-order valence-corrected chi connectivity index (χ2v) is 9.89. The number of likely N-dealkylation sites (tertiary alicyclic amines) is 1. The minimum atomic E-state index is 0.138. The third-order valence-corrected chi connectivity index (χ3v) is 7.89. The van der Waals surface area contributed by atoms with Crippen LogP contribution in [0, 0.1) is 5.41 Å². The summed E-state index contributed by atoms with van der Waals surface area (Å²) in [5, 5.41) is 3.31. The van der Waals surface area contributed by atoms with E-state index < -0.39 is 0 Å². The molecule has 150 valence electrons. The summed E-state index contributed by atoms with van der Waals surface area (Å²) in [5.41, 5.74) is 1.62. The van der Waals surface area contributed by atoms with Crippen LogP contribution in [0.2, 0.25) is 0 Å². The van der Waals surface area contributed by atoms with Crippen molar-refractivity contribution in [3.05, 3.63) is 21.4 Å². The summed E-state index contributed by atoms with van der Waals surface area (Å²) in [4.78, 5) is 17.9. The van der Waals surface area contributed by atoms with E-state index in [4.69, 9.17) is 4.74 Å². The fraction of sp³-hybridized carbons (Fsp3) is 0.773. The molecule has 0 unspecified atom stereocenters. The molecule has 5 heteroatoms. The standard InChI is InChI=1S/C22H34N2O2S/c25-21(20-15-18-7-3-1-2-4-8-19(18)27-20)23-16-22(9-13-26-14-10-22)17-24-11-5-6-12-24/h15H,1-14,16-17H2,(H,23,25). The number of nitrogens with one attached hydrogen (secondary N) is 1. The topological polar surface area (TPSA) is 41.6 Å². The molecule has 1 aliphatic carbocycles. The first kappa shape index (κ1) is 19.4. The van der Waals surface area contributed by atoms with Gasteiger partial charge in [0.25, 0.3) is 5.91 Å². The molecule has 2 aliphatic heterocycles. The third kappa shape index (κ3) is 4.93. The molecule has 2 fully saturated rings. The van der Waals surface area contributed by atoms with Crippen LogP contribution in [0.15, 0.2) is 6.07 Å². The highest BCUT2D eigenvalue weighted by molar-refractivity contribution is 7.14. The van der Waals surface area contributed by atoms with Gasteiger partial charge < -0.3 is 15.0 Å². The Labute approximate surface area is 167 Å². The minimum Gasteiger partial charge on any atom is -0.381 e. The number of hydrogen-bond acceptors (Lipinski definition) is 4. The van der Waals surface area contributed by atoms with Crippen LogP contribution in [0.4, 0.5) is 0 Å². The van der Waals surface area contributed by atoms with Gasteiger partial charge >= 0.3 is 0 Å². The second kappa shape index (κ2) is 9.06. The van der Waals surface area contributed by atoms with Crippen molar-refractivity contribution in [1.82, 2.24) is 10.2 Å². The zero-order chi connectivity index (χ0) is 18.5. The number of fused-ring (bicyclic) bond motifs is 1. The summed E-state index contributed by atoms with van der Waals surface area (Å²) >= 11 is 1.74. The SMILES string of the molecule is O=C(NCC1(CN2CCCC2)CCOCC1)c1cc2c(s1)CCCCCC2. The van der Waals surface area contributed by atoms with Gasteiger partial charge in [-0.3, -0.25) is 4.79 Å². The molecule has 1 aromatic heterocycles. The van der Waals surface area contributed by atoms with Crippen molar-refractivity contribution in [3.8, 4) is 0 Å². The summed E-state index contributed by atoms with van der Waals surface area (Å²) in [6, 6.07) is 2.18. The van der Waals surface area contributed by atoms with E-state index in [2.05, 4.69) is 16.3 Å². The number of carbonyl (C=O) groups excluding carboxylic acids is 1. The van der Waals surface area contributed by atoms with Crippen molar-refractivity contribution in [1.29, 1.82) is 0 Å². The molecule has 0 aromatic carbocycles. The Morgan fingerprint density at radius 2 is 1.81 bits per heavy atom. The first-order valence-electron chi connectivity index (χ1n) is 10.9. The molecule has 0 radical (unpaired) electrons. The normalized spacial score (nSPS) is 23.4. The van der Waals surface area contributed by atoms with Crippen LogP contribution in [-0.4, -0.2) is 50.2 Å². The molecule has 0 spiro atoms. The van der Waals surface area contributed by atoms with E-state index in [0.29, 0.717) is 0 Å². The van der Waals surface area contributed by atoms with Gasteiger partial charge in [-0.25, -0.2) is 0 Å². The summed E-state index contributed by atoms with van der Waals surface area (Å²) in [7, 11) is 0. The second-order valence-electron chi connectivity index (χ2n) is 8.75. The molecule has 0 saturated carbocycles. The minimum absolute atomic E-state index is 0.138. The van der Waals surface area contributed by atoms with E-state index in [9.17, 15) is 4.79 Å². The highest BCUT2D eigenvalue weighted by Crippen LogP contribution is 2.33. The Morgan fingerprint density at radius 1 is 1.07 bits per heavy atom. The molecular formula is C22H34N2O2S. The Morgan fingerprint density at radius 3 is 2.59 bits per heavy atom. The molecule has 1 aromatic rings. The van der Waals surface area contributed by atoms with Crippen LogP contribution in [0.25, 0.3) is 0 Å². The third-order valence-electron chi connectivity index (χ3n) is 6.66.